The molecule has 2 aromatic rings. The molecular formula is C18H24N2OS. The highest BCUT2D eigenvalue weighted by atomic mass is 32.1. The maximum absolute atomic E-state index is 12.7. The largest absolute Gasteiger partial charge is 0.390 e. The van der Waals surface area contributed by atoms with Crippen LogP contribution in [0.15, 0.2) is 29.6 Å². The number of anilines is 1. The summed E-state index contributed by atoms with van der Waals surface area (Å²) in [7, 11) is 0. The van der Waals surface area contributed by atoms with Crippen LogP contribution in [0.25, 0.3) is 11.1 Å². The van der Waals surface area contributed by atoms with Crippen molar-refractivity contribution in [2.45, 2.75) is 33.6 Å². The number of thiophene rings is 1. The summed E-state index contributed by atoms with van der Waals surface area (Å²) in [4.78, 5) is 14.5. The molecule has 0 aliphatic rings. The van der Waals surface area contributed by atoms with Gasteiger partial charge >= 0.3 is 0 Å². The van der Waals surface area contributed by atoms with E-state index in [0.717, 1.165) is 11.1 Å². The standard InChI is InChI=1S/C18H24N2OS/c1-5-20(6-2)18(21)16-15(11-22-17(16)19)14-9-7-13(8-10-14)12(3)4/h7-12H,5-6,19H2,1-4H3. The molecule has 118 valence electrons. The third kappa shape index (κ3) is 3.17. The summed E-state index contributed by atoms with van der Waals surface area (Å²) in [5, 5.41) is 2.58. The summed E-state index contributed by atoms with van der Waals surface area (Å²) in [6.45, 7) is 9.70. The second kappa shape index (κ2) is 6.97. The van der Waals surface area contributed by atoms with Crippen molar-refractivity contribution in [2.24, 2.45) is 0 Å². The normalized spacial score (nSPS) is 11.0. The highest BCUT2D eigenvalue weighted by Crippen LogP contribution is 2.35. The van der Waals surface area contributed by atoms with Crippen molar-refractivity contribution >= 4 is 22.2 Å². The molecule has 0 radical (unpaired) electrons. The Morgan fingerprint density at radius 3 is 2.27 bits per heavy atom. The lowest BCUT2D eigenvalue weighted by molar-refractivity contribution is 0.0775. The Morgan fingerprint density at radius 2 is 1.77 bits per heavy atom. The number of carbonyl (C=O) groups excluding carboxylic acids is 1. The van der Waals surface area contributed by atoms with Crippen LogP contribution in [0.4, 0.5) is 5.00 Å². The van der Waals surface area contributed by atoms with Crippen LogP contribution >= 0.6 is 11.3 Å². The van der Waals surface area contributed by atoms with Gasteiger partial charge in [-0.2, -0.15) is 0 Å². The van der Waals surface area contributed by atoms with Gasteiger partial charge in [-0.15, -0.1) is 11.3 Å². The number of nitrogens with zero attached hydrogens (tertiary/aromatic N) is 1. The molecule has 0 bridgehead atoms. The van der Waals surface area contributed by atoms with E-state index in [1.165, 1.54) is 16.9 Å². The van der Waals surface area contributed by atoms with Gasteiger partial charge in [0.05, 0.1) is 10.6 Å². The van der Waals surface area contributed by atoms with Gasteiger partial charge in [0.25, 0.3) is 5.91 Å². The Morgan fingerprint density at radius 1 is 1.18 bits per heavy atom. The van der Waals surface area contributed by atoms with Crippen LogP contribution in [0.1, 0.15) is 49.5 Å². The minimum absolute atomic E-state index is 0.0201. The minimum Gasteiger partial charge on any atom is -0.390 e. The van der Waals surface area contributed by atoms with Crippen molar-refractivity contribution in [3.8, 4) is 11.1 Å². The predicted octanol–water partition coefficient (Wildman–Crippen LogP) is 4.60. The van der Waals surface area contributed by atoms with Crippen molar-refractivity contribution < 1.29 is 4.79 Å². The predicted molar refractivity (Wildman–Crippen MR) is 95.5 cm³/mol. The van der Waals surface area contributed by atoms with E-state index in [0.29, 0.717) is 29.6 Å². The molecule has 0 fully saturated rings. The summed E-state index contributed by atoms with van der Waals surface area (Å²) in [6, 6.07) is 8.41. The van der Waals surface area contributed by atoms with Gasteiger partial charge in [-0.05, 0) is 30.9 Å². The number of amides is 1. The van der Waals surface area contributed by atoms with Crippen LogP contribution in [-0.4, -0.2) is 23.9 Å². The molecule has 1 aromatic heterocycles. The van der Waals surface area contributed by atoms with E-state index in [-0.39, 0.29) is 5.91 Å². The lowest BCUT2D eigenvalue weighted by Crippen LogP contribution is -2.31. The topological polar surface area (TPSA) is 46.3 Å². The monoisotopic (exact) mass is 316 g/mol. The van der Waals surface area contributed by atoms with Gasteiger partial charge in [0.2, 0.25) is 0 Å². The quantitative estimate of drug-likeness (QED) is 0.876. The highest BCUT2D eigenvalue weighted by molar-refractivity contribution is 7.15. The average Bonchev–Trinajstić information content (AvgIpc) is 2.90. The van der Waals surface area contributed by atoms with E-state index in [1.54, 1.807) is 0 Å². The van der Waals surface area contributed by atoms with E-state index < -0.39 is 0 Å². The fourth-order valence-corrected chi connectivity index (χ4v) is 3.34. The Hall–Kier alpha value is -1.81. The number of hydrogen-bond donors (Lipinski definition) is 1. The molecule has 0 aliphatic heterocycles. The van der Waals surface area contributed by atoms with E-state index in [4.69, 9.17) is 5.73 Å². The first kappa shape index (κ1) is 16.6. The van der Waals surface area contributed by atoms with E-state index in [1.807, 2.05) is 24.1 Å². The molecule has 2 N–H and O–H groups in total. The van der Waals surface area contributed by atoms with Gasteiger partial charge in [-0.1, -0.05) is 38.1 Å². The second-order valence-corrected chi connectivity index (χ2v) is 6.55. The maximum atomic E-state index is 12.7. The van der Waals surface area contributed by atoms with Crippen molar-refractivity contribution in [2.75, 3.05) is 18.8 Å². The molecule has 22 heavy (non-hydrogen) atoms. The Kier molecular flexibility index (Phi) is 5.24. The lowest BCUT2D eigenvalue weighted by Gasteiger charge is -2.19. The molecule has 1 amide bonds. The molecule has 0 atom stereocenters. The lowest BCUT2D eigenvalue weighted by atomic mass is 9.98. The molecule has 4 heteroatoms. The zero-order valence-electron chi connectivity index (χ0n) is 13.7. The van der Waals surface area contributed by atoms with Crippen LogP contribution < -0.4 is 5.73 Å². The first-order chi connectivity index (χ1) is 10.5. The fourth-order valence-electron chi connectivity index (χ4n) is 2.52. The third-order valence-corrected chi connectivity index (χ3v) is 4.78. The zero-order valence-corrected chi connectivity index (χ0v) is 14.5. The number of benzene rings is 1. The summed E-state index contributed by atoms with van der Waals surface area (Å²) < 4.78 is 0. The summed E-state index contributed by atoms with van der Waals surface area (Å²) in [5.74, 6) is 0.519. The number of hydrogen-bond acceptors (Lipinski definition) is 3. The summed E-state index contributed by atoms with van der Waals surface area (Å²) in [6.07, 6.45) is 0. The van der Waals surface area contributed by atoms with Crippen molar-refractivity contribution in [1.82, 2.24) is 4.90 Å². The van der Waals surface area contributed by atoms with Crippen LogP contribution in [0.3, 0.4) is 0 Å². The average molecular weight is 316 g/mol. The van der Waals surface area contributed by atoms with Gasteiger partial charge in [0.15, 0.2) is 0 Å². The van der Waals surface area contributed by atoms with Gasteiger partial charge in [-0.25, -0.2) is 0 Å². The Labute approximate surface area is 136 Å². The number of rotatable bonds is 5. The van der Waals surface area contributed by atoms with Gasteiger partial charge in [-0.3, -0.25) is 4.79 Å². The first-order valence-corrected chi connectivity index (χ1v) is 8.64. The van der Waals surface area contributed by atoms with Gasteiger partial charge in [0, 0.05) is 24.0 Å². The van der Waals surface area contributed by atoms with Crippen LogP contribution in [0, 0.1) is 0 Å². The van der Waals surface area contributed by atoms with E-state index >= 15 is 0 Å². The molecule has 0 saturated carbocycles. The van der Waals surface area contributed by atoms with Crippen molar-refractivity contribution in [1.29, 1.82) is 0 Å². The molecule has 1 heterocycles. The Balaban J connectivity index is 2.43. The molecule has 0 saturated heterocycles. The Bertz CT molecular complexity index is 640. The van der Waals surface area contributed by atoms with Gasteiger partial charge < -0.3 is 10.6 Å². The molecule has 0 unspecified atom stereocenters. The molecule has 3 nitrogen and oxygen atoms in total. The minimum atomic E-state index is 0.0201. The molecule has 0 aliphatic carbocycles. The maximum Gasteiger partial charge on any atom is 0.257 e. The molecular weight excluding hydrogens is 292 g/mol. The van der Waals surface area contributed by atoms with Crippen LogP contribution in [0.5, 0.6) is 0 Å². The molecule has 1 aromatic carbocycles. The van der Waals surface area contributed by atoms with E-state index in [2.05, 4.69) is 38.1 Å². The fraction of sp³-hybridized carbons (Fsp3) is 0.389. The second-order valence-electron chi connectivity index (χ2n) is 5.64. The zero-order chi connectivity index (χ0) is 16.3. The molecule has 0 spiro atoms. The van der Waals surface area contributed by atoms with Crippen molar-refractivity contribution in [3.63, 3.8) is 0 Å². The number of carbonyl (C=O) groups is 1. The van der Waals surface area contributed by atoms with E-state index in [9.17, 15) is 4.79 Å². The highest BCUT2D eigenvalue weighted by Gasteiger charge is 2.22. The third-order valence-electron chi connectivity index (χ3n) is 3.97. The van der Waals surface area contributed by atoms with Gasteiger partial charge in [0.1, 0.15) is 0 Å². The summed E-state index contributed by atoms with van der Waals surface area (Å²) >= 11 is 1.43. The number of nitrogens with two attached hydrogens (primary N) is 1. The smallest absolute Gasteiger partial charge is 0.257 e. The van der Waals surface area contributed by atoms with Crippen molar-refractivity contribution in [3.05, 3.63) is 40.8 Å². The first-order valence-electron chi connectivity index (χ1n) is 7.76. The van der Waals surface area contributed by atoms with Crippen LogP contribution in [0.2, 0.25) is 0 Å². The van der Waals surface area contributed by atoms with Crippen LogP contribution in [-0.2, 0) is 0 Å². The summed E-state index contributed by atoms with van der Waals surface area (Å²) in [5.41, 5.74) is 10.0. The number of nitrogen functional groups attached to an aromatic ring is 1. The molecule has 2 rings (SSSR count). The SMILES string of the molecule is CCN(CC)C(=O)c1c(-c2ccc(C(C)C)cc2)csc1N.